The molecule has 7 heteroatoms. The summed E-state index contributed by atoms with van der Waals surface area (Å²) in [6.07, 6.45) is 3.59. The summed E-state index contributed by atoms with van der Waals surface area (Å²) in [5.41, 5.74) is 1.52. The number of aromatic amines is 1. The Balaban J connectivity index is 2.20. The number of halogens is 2. The summed E-state index contributed by atoms with van der Waals surface area (Å²) < 4.78 is 0. The van der Waals surface area contributed by atoms with Gasteiger partial charge in [-0.15, -0.1) is 0 Å². The summed E-state index contributed by atoms with van der Waals surface area (Å²) in [6.45, 7) is 2.42. The highest BCUT2D eigenvalue weighted by molar-refractivity contribution is 6.42. The molecule has 0 saturated heterocycles. The molecule has 1 aromatic carbocycles. The third-order valence-corrected chi connectivity index (χ3v) is 4.30. The van der Waals surface area contributed by atoms with Gasteiger partial charge in [0.15, 0.2) is 0 Å². The van der Waals surface area contributed by atoms with Gasteiger partial charge in [-0.2, -0.15) is 0 Å². The molecule has 0 unspecified atom stereocenters. The van der Waals surface area contributed by atoms with E-state index in [4.69, 9.17) is 28.6 Å². The summed E-state index contributed by atoms with van der Waals surface area (Å²) in [7, 11) is 0. The number of aromatic nitrogens is 2. The molecular formula is C16H18Cl2N4O. The molecule has 23 heavy (non-hydrogen) atoms. The molecule has 0 atom stereocenters. The van der Waals surface area contributed by atoms with Crippen LogP contribution in [0.1, 0.15) is 36.6 Å². The van der Waals surface area contributed by atoms with Gasteiger partial charge in [0.1, 0.15) is 0 Å². The lowest BCUT2D eigenvalue weighted by molar-refractivity contribution is 0.779. The number of benzene rings is 1. The molecule has 0 radical (unpaired) electrons. The molecule has 122 valence electrons. The van der Waals surface area contributed by atoms with Crippen molar-refractivity contribution in [3.63, 3.8) is 0 Å². The fourth-order valence-corrected chi connectivity index (χ4v) is 2.56. The normalized spacial score (nSPS) is 10.6. The number of rotatable bonds is 7. The molecule has 0 aliphatic heterocycles. The lowest BCUT2D eigenvalue weighted by Gasteiger charge is -2.10. The minimum atomic E-state index is -0.216. The zero-order valence-corrected chi connectivity index (χ0v) is 14.3. The van der Waals surface area contributed by atoms with Crippen LogP contribution in [-0.2, 0) is 13.0 Å². The maximum atomic E-state index is 12.2. The van der Waals surface area contributed by atoms with Gasteiger partial charge in [-0.1, -0.05) is 48.7 Å². The van der Waals surface area contributed by atoms with Crippen LogP contribution in [-0.4, -0.2) is 16.2 Å². The quantitative estimate of drug-likeness (QED) is 0.658. The van der Waals surface area contributed by atoms with Gasteiger partial charge in [0.2, 0.25) is 5.95 Å². The maximum absolute atomic E-state index is 12.2. The van der Waals surface area contributed by atoms with E-state index in [0.29, 0.717) is 40.2 Å². The molecule has 2 rings (SSSR count). The van der Waals surface area contributed by atoms with Crippen LogP contribution in [0.2, 0.25) is 10.0 Å². The van der Waals surface area contributed by atoms with Crippen LogP contribution in [0.25, 0.3) is 0 Å². The topological polar surface area (TPSA) is 81.6 Å². The average Bonchev–Trinajstić information content (AvgIpc) is 2.54. The lowest BCUT2D eigenvalue weighted by atomic mass is 10.1. The van der Waals surface area contributed by atoms with Gasteiger partial charge in [0.05, 0.1) is 15.7 Å². The molecule has 5 nitrogen and oxygen atoms in total. The SMILES string of the molecule is CCCCc1c(C=N)nc(NCc2cccc(Cl)c2Cl)[nH]c1=O. The molecule has 0 spiro atoms. The van der Waals surface area contributed by atoms with Gasteiger partial charge in [-0.3, -0.25) is 9.78 Å². The molecule has 3 N–H and O–H groups in total. The summed E-state index contributed by atoms with van der Waals surface area (Å²) in [4.78, 5) is 19.2. The minimum absolute atomic E-state index is 0.216. The average molecular weight is 353 g/mol. The molecule has 0 aliphatic carbocycles. The van der Waals surface area contributed by atoms with Gasteiger partial charge in [0.25, 0.3) is 5.56 Å². The van der Waals surface area contributed by atoms with Crippen molar-refractivity contribution < 1.29 is 0 Å². The van der Waals surface area contributed by atoms with Crippen molar-refractivity contribution in [3.8, 4) is 0 Å². The molecule has 0 bridgehead atoms. The Hall–Kier alpha value is -1.85. The zero-order chi connectivity index (χ0) is 16.8. The highest BCUT2D eigenvalue weighted by Gasteiger charge is 2.10. The second-order valence-electron chi connectivity index (χ2n) is 5.09. The van der Waals surface area contributed by atoms with Gasteiger partial charge in [0, 0.05) is 18.3 Å². The van der Waals surface area contributed by atoms with E-state index in [-0.39, 0.29) is 5.56 Å². The van der Waals surface area contributed by atoms with Crippen molar-refractivity contribution in [1.82, 2.24) is 9.97 Å². The van der Waals surface area contributed by atoms with Crippen molar-refractivity contribution in [3.05, 3.63) is 55.4 Å². The highest BCUT2D eigenvalue weighted by atomic mass is 35.5. The Labute approximate surface area is 144 Å². The predicted octanol–water partition coefficient (Wildman–Crippen LogP) is 4.03. The van der Waals surface area contributed by atoms with Crippen LogP contribution in [0.5, 0.6) is 0 Å². The predicted molar refractivity (Wildman–Crippen MR) is 95.1 cm³/mol. The number of hydrogen-bond donors (Lipinski definition) is 3. The van der Waals surface area contributed by atoms with E-state index in [1.54, 1.807) is 12.1 Å². The Kier molecular flexibility index (Phi) is 6.19. The summed E-state index contributed by atoms with van der Waals surface area (Å²) >= 11 is 12.1. The van der Waals surface area contributed by atoms with E-state index in [9.17, 15) is 4.79 Å². The largest absolute Gasteiger partial charge is 0.352 e. The van der Waals surface area contributed by atoms with Crippen LogP contribution in [0.15, 0.2) is 23.0 Å². The van der Waals surface area contributed by atoms with Crippen molar-refractivity contribution in [2.75, 3.05) is 5.32 Å². The Morgan fingerprint density at radius 2 is 2.17 bits per heavy atom. The molecule has 1 heterocycles. The monoisotopic (exact) mass is 352 g/mol. The third-order valence-electron chi connectivity index (χ3n) is 3.44. The zero-order valence-electron chi connectivity index (χ0n) is 12.7. The second kappa shape index (κ2) is 8.13. The van der Waals surface area contributed by atoms with E-state index >= 15 is 0 Å². The Morgan fingerprint density at radius 1 is 1.39 bits per heavy atom. The summed E-state index contributed by atoms with van der Waals surface area (Å²) in [5, 5.41) is 11.4. The van der Waals surface area contributed by atoms with Crippen LogP contribution >= 0.6 is 23.2 Å². The minimum Gasteiger partial charge on any atom is -0.352 e. The van der Waals surface area contributed by atoms with E-state index in [0.717, 1.165) is 24.6 Å². The first kappa shape index (κ1) is 17.5. The van der Waals surface area contributed by atoms with Gasteiger partial charge < -0.3 is 10.7 Å². The smallest absolute Gasteiger partial charge is 0.256 e. The fourth-order valence-electron chi connectivity index (χ4n) is 2.18. The molecule has 0 fully saturated rings. The summed E-state index contributed by atoms with van der Waals surface area (Å²) in [6, 6.07) is 5.36. The van der Waals surface area contributed by atoms with Crippen LogP contribution in [0.4, 0.5) is 5.95 Å². The standard InChI is InChI=1S/C16H18Cl2N4O/c1-2-3-6-11-13(8-19)21-16(22-15(11)23)20-9-10-5-4-7-12(17)14(10)18/h4-5,7-8,19H,2-3,6,9H2,1H3,(H2,20,21,22,23). The highest BCUT2D eigenvalue weighted by Crippen LogP contribution is 2.25. The third kappa shape index (κ3) is 4.33. The molecule has 2 aromatic rings. The fraction of sp³-hybridized carbons (Fsp3) is 0.312. The van der Waals surface area contributed by atoms with Crippen LogP contribution < -0.4 is 10.9 Å². The van der Waals surface area contributed by atoms with Crippen molar-refractivity contribution in [2.45, 2.75) is 32.7 Å². The number of unbranched alkanes of at least 4 members (excludes halogenated alkanes) is 1. The van der Waals surface area contributed by atoms with Gasteiger partial charge in [-0.05, 0) is 24.5 Å². The first-order chi connectivity index (χ1) is 11.1. The Morgan fingerprint density at radius 3 is 2.87 bits per heavy atom. The van der Waals surface area contributed by atoms with E-state index in [1.807, 2.05) is 6.07 Å². The number of nitrogens with zero attached hydrogens (tertiary/aromatic N) is 1. The first-order valence-corrected chi connectivity index (χ1v) is 8.12. The van der Waals surface area contributed by atoms with Crippen molar-refractivity contribution >= 4 is 35.4 Å². The van der Waals surface area contributed by atoms with Crippen molar-refractivity contribution in [2.24, 2.45) is 0 Å². The second-order valence-corrected chi connectivity index (χ2v) is 5.88. The van der Waals surface area contributed by atoms with Crippen LogP contribution in [0, 0.1) is 5.41 Å². The van der Waals surface area contributed by atoms with Gasteiger partial charge in [-0.25, -0.2) is 4.98 Å². The first-order valence-electron chi connectivity index (χ1n) is 7.37. The lowest BCUT2D eigenvalue weighted by Crippen LogP contribution is -2.20. The Bertz CT molecular complexity index is 758. The van der Waals surface area contributed by atoms with Gasteiger partial charge >= 0.3 is 0 Å². The summed E-state index contributed by atoms with van der Waals surface area (Å²) in [5.74, 6) is 0.310. The van der Waals surface area contributed by atoms with Crippen molar-refractivity contribution in [1.29, 1.82) is 5.41 Å². The molecule has 0 aliphatic rings. The maximum Gasteiger partial charge on any atom is 0.256 e. The number of hydrogen-bond acceptors (Lipinski definition) is 4. The van der Waals surface area contributed by atoms with Crippen LogP contribution in [0.3, 0.4) is 0 Å². The number of anilines is 1. The number of H-pyrrole nitrogens is 1. The number of nitrogens with one attached hydrogen (secondary N) is 3. The molecule has 1 aromatic heterocycles. The van der Waals surface area contributed by atoms with E-state index < -0.39 is 0 Å². The molecule has 0 amide bonds. The van der Waals surface area contributed by atoms with E-state index in [2.05, 4.69) is 22.2 Å². The molecule has 0 saturated carbocycles. The van der Waals surface area contributed by atoms with E-state index in [1.165, 1.54) is 0 Å². The molecular weight excluding hydrogens is 335 g/mol.